The predicted molar refractivity (Wildman–Crippen MR) is 66.1 cm³/mol. The summed E-state index contributed by atoms with van der Waals surface area (Å²) in [6, 6.07) is 8.29. The molecule has 0 aliphatic carbocycles. The van der Waals surface area contributed by atoms with Crippen molar-refractivity contribution in [2.24, 2.45) is 0 Å². The third kappa shape index (κ3) is 3.53. The molecule has 0 radical (unpaired) electrons. The Morgan fingerprint density at radius 3 is 2.81 bits per heavy atom. The zero-order valence-electron chi connectivity index (χ0n) is 10.2. The molecule has 1 aliphatic heterocycles. The van der Waals surface area contributed by atoms with Crippen LogP contribution in [0.3, 0.4) is 0 Å². The van der Waals surface area contributed by atoms with Crippen molar-refractivity contribution in [2.45, 2.75) is 26.2 Å². The van der Waals surface area contributed by atoms with Crippen LogP contribution in [-0.4, -0.2) is 26.2 Å². The number of aryl methyl sites for hydroxylation is 1. The summed E-state index contributed by atoms with van der Waals surface area (Å²) in [4.78, 5) is 1.76. The zero-order valence-corrected chi connectivity index (χ0v) is 10.2. The Labute approximate surface area is 98.2 Å². The van der Waals surface area contributed by atoms with Gasteiger partial charge in [-0.05, 0) is 24.6 Å². The lowest BCUT2D eigenvalue weighted by molar-refractivity contribution is -0.887. The topological polar surface area (TPSA) is 13.7 Å². The van der Waals surface area contributed by atoms with E-state index < -0.39 is 0 Å². The van der Waals surface area contributed by atoms with Crippen LogP contribution in [0.5, 0.6) is 5.75 Å². The van der Waals surface area contributed by atoms with E-state index in [1.165, 1.54) is 44.5 Å². The van der Waals surface area contributed by atoms with Crippen LogP contribution < -0.4 is 9.64 Å². The van der Waals surface area contributed by atoms with Crippen LogP contribution in [0.4, 0.5) is 0 Å². The van der Waals surface area contributed by atoms with Crippen molar-refractivity contribution in [3.63, 3.8) is 0 Å². The van der Waals surface area contributed by atoms with E-state index in [1.807, 2.05) is 6.07 Å². The van der Waals surface area contributed by atoms with Gasteiger partial charge in [-0.15, -0.1) is 0 Å². The summed E-state index contributed by atoms with van der Waals surface area (Å²) in [5, 5.41) is 0. The van der Waals surface area contributed by atoms with Gasteiger partial charge in [-0.1, -0.05) is 12.1 Å². The maximum atomic E-state index is 5.73. The summed E-state index contributed by atoms with van der Waals surface area (Å²) in [5.41, 5.74) is 1.27. The van der Waals surface area contributed by atoms with Gasteiger partial charge in [-0.3, -0.25) is 0 Å². The van der Waals surface area contributed by atoms with Gasteiger partial charge in [0.25, 0.3) is 0 Å². The van der Waals surface area contributed by atoms with Gasteiger partial charge < -0.3 is 9.64 Å². The zero-order chi connectivity index (χ0) is 11.2. The highest BCUT2D eigenvalue weighted by Gasteiger charge is 2.13. The number of hydrogen-bond donors (Lipinski definition) is 1. The fourth-order valence-electron chi connectivity index (χ4n) is 2.34. The molecular formula is C14H22NO+. The maximum absolute atomic E-state index is 5.73. The summed E-state index contributed by atoms with van der Waals surface area (Å²) >= 11 is 0. The molecule has 1 fully saturated rings. The summed E-state index contributed by atoms with van der Waals surface area (Å²) in [7, 11) is 0. The number of likely N-dealkylation sites (tertiary alicyclic amines) is 1. The van der Waals surface area contributed by atoms with Crippen LogP contribution in [0.1, 0.15) is 24.8 Å². The summed E-state index contributed by atoms with van der Waals surface area (Å²) in [6.07, 6.45) is 3.99. The first-order valence-corrected chi connectivity index (χ1v) is 6.37. The van der Waals surface area contributed by atoms with Crippen LogP contribution in [0, 0.1) is 6.92 Å². The first-order chi connectivity index (χ1) is 7.84. The van der Waals surface area contributed by atoms with E-state index in [0.29, 0.717) is 0 Å². The highest BCUT2D eigenvalue weighted by atomic mass is 16.5. The minimum Gasteiger partial charge on any atom is -0.493 e. The molecule has 2 nitrogen and oxygen atoms in total. The third-order valence-corrected chi connectivity index (χ3v) is 3.24. The second-order valence-corrected chi connectivity index (χ2v) is 4.73. The van der Waals surface area contributed by atoms with Crippen LogP contribution in [0.25, 0.3) is 0 Å². The molecule has 88 valence electrons. The fourth-order valence-corrected chi connectivity index (χ4v) is 2.34. The minimum absolute atomic E-state index is 0.854. The van der Waals surface area contributed by atoms with Gasteiger partial charge in [0, 0.05) is 19.3 Å². The van der Waals surface area contributed by atoms with Crippen molar-refractivity contribution in [1.82, 2.24) is 0 Å². The second kappa shape index (κ2) is 5.90. The Balaban J connectivity index is 1.64. The molecule has 16 heavy (non-hydrogen) atoms. The lowest BCUT2D eigenvalue weighted by Gasteiger charge is -2.12. The van der Waals surface area contributed by atoms with Crippen molar-refractivity contribution >= 4 is 0 Å². The average Bonchev–Trinajstić information content (AvgIpc) is 2.77. The SMILES string of the molecule is Cc1cccc(OCCC[NH+]2CCCC2)c1. The molecule has 1 aliphatic rings. The molecule has 1 saturated heterocycles. The summed E-state index contributed by atoms with van der Waals surface area (Å²) in [6.45, 7) is 6.95. The van der Waals surface area contributed by atoms with Gasteiger partial charge in [0.2, 0.25) is 0 Å². The standard InChI is InChI=1S/C14H21NO/c1-13-6-4-7-14(12-13)16-11-5-10-15-8-2-3-9-15/h4,6-7,12H,2-3,5,8-11H2,1H3/p+1. The average molecular weight is 220 g/mol. The van der Waals surface area contributed by atoms with Gasteiger partial charge in [-0.2, -0.15) is 0 Å². The Bertz CT molecular complexity index is 318. The molecule has 0 aromatic heterocycles. The van der Waals surface area contributed by atoms with Crippen LogP contribution in [0.15, 0.2) is 24.3 Å². The molecule has 1 aromatic rings. The molecule has 0 unspecified atom stereocenters. The maximum Gasteiger partial charge on any atom is 0.119 e. The Kier molecular flexibility index (Phi) is 4.23. The van der Waals surface area contributed by atoms with Crippen molar-refractivity contribution in [1.29, 1.82) is 0 Å². The second-order valence-electron chi connectivity index (χ2n) is 4.73. The monoisotopic (exact) mass is 220 g/mol. The number of hydrogen-bond acceptors (Lipinski definition) is 1. The Morgan fingerprint density at radius 2 is 2.06 bits per heavy atom. The van der Waals surface area contributed by atoms with E-state index in [4.69, 9.17) is 4.74 Å². The van der Waals surface area contributed by atoms with E-state index in [9.17, 15) is 0 Å². The van der Waals surface area contributed by atoms with E-state index >= 15 is 0 Å². The number of quaternary nitrogens is 1. The largest absolute Gasteiger partial charge is 0.493 e. The molecule has 0 spiro atoms. The van der Waals surface area contributed by atoms with Gasteiger partial charge in [0.05, 0.1) is 26.2 Å². The van der Waals surface area contributed by atoms with E-state index in [0.717, 1.165) is 12.4 Å². The molecule has 0 saturated carbocycles. The molecule has 1 heterocycles. The first kappa shape index (κ1) is 11.5. The molecule has 1 N–H and O–H groups in total. The number of nitrogens with one attached hydrogen (secondary N) is 1. The smallest absolute Gasteiger partial charge is 0.119 e. The van der Waals surface area contributed by atoms with Gasteiger partial charge in [0.15, 0.2) is 0 Å². The quantitative estimate of drug-likeness (QED) is 0.741. The van der Waals surface area contributed by atoms with Crippen LogP contribution >= 0.6 is 0 Å². The van der Waals surface area contributed by atoms with Crippen LogP contribution in [-0.2, 0) is 0 Å². The van der Waals surface area contributed by atoms with E-state index in [2.05, 4.69) is 25.1 Å². The summed E-state index contributed by atoms with van der Waals surface area (Å²) < 4.78 is 5.73. The molecule has 2 heteroatoms. The Hall–Kier alpha value is -1.02. The summed E-state index contributed by atoms with van der Waals surface area (Å²) in [5.74, 6) is 1.01. The van der Waals surface area contributed by atoms with Crippen molar-refractivity contribution < 1.29 is 9.64 Å². The predicted octanol–water partition coefficient (Wildman–Crippen LogP) is 1.44. The molecule has 1 aromatic carbocycles. The van der Waals surface area contributed by atoms with E-state index in [-0.39, 0.29) is 0 Å². The molecular weight excluding hydrogens is 198 g/mol. The fraction of sp³-hybridized carbons (Fsp3) is 0.571. The lowest BCUT2D eigenvalue weighted by atomic mass is 10.2. The number of rotatable bonds is 5. The third-order valence-electron chi connectivity index (χ3n) is 3.24. The number of ether oxygens (including phenoxy) is 1. The molecule has 0 amide bonds. The van der Waals surface area contributed by atoms with Gasteiger partial charge in [-0.25, -0.2) is 0 Å². The van der Waals surface area contributed by atoms with Crippen molar-refractivity contribution in [3.05, 3.63) is 29.8 Å². The minimum atomic E-state index is 0.854. The molecule has 0 atom stereocenters. The van der Waals surface area contributed by atoms with Gasteiger partial charge in [0.1, 0.15) is 5.75 Å². The van der Waals surface area contributed by atoms with Crippen molar-refractivity contribution in [3.8, 4) is 5.75 Å². The molecule has 2 rings (SSSR count). The van der Waals surface area contributed by atoms with Gasteiger partial charge >= 0.3 is 0 Å². The highest BCUT2D eigenvalue weighted by Crippen LogP contribution is 2.12. The molecule has 0 bridgehead atoms. The first-order valence-electron chi connectivity index (χ1n) is 6.37. The van der Waals surface area contributed by atoms with Crippen molar-refractivity contribution in [2.75, 3.05) is 26.2 Å². The lowest BCUT2D eigenvalue weighted by Crippen LogP contribution is -3.10. The normalized spacial score (nSPS) is 16.6. The van der Waals surface area contributed by atoms with Crippen LogP contribution in [0.2, 0.25) is 0 Å². The Morgan fingerprint density at radius 1 is 1.25 bits per heavy atom. The number of benzene rings is 1. The highest BCUT2D eigenvalue weighted by molar-refractivity contribution is 5.27. The van der Waals surface area contributed by atoms with E-state index in [1.54, 1.807) is 4.90 Å².